The van der Waals surface area contributed by atoms with Crippen LogP contribution in [0.25, 0.3) is 16.9 Å². The Morgan fingerprint density at radius 1 is 1.12 bits per heavy atom. The number of ether oxygens (including phenoxy) is 1. The number of carbonyl (C=O) groups excluding carboxylic acids is 1. The molecule has 0 saturated heterocycles. The van der Waals surface area contributed by atoms with E-state index in [0.29, 0.717) is 4.68 Å². The van der Waals surface area contributed by atoms with Crippen molar-refractivity contribution in [2.45, 2.75) is 25.2 Å². The van der Waals surface area contributed by atoms with E-state index in [2.05, 4.69) is 14.8 Å². The molecule has 2 unspecified atom stereocenters. The molecule has 0 saturated carbocycles. The predicted octanol–water partition coefficient (Wildman–Crippen LogP) is 2.84. The van der Waals surface area contributed by atoms with Gasteiger partial charge in [-0.3, -0.25) is 14.6 Å². The highest BCUT2D eigenvalue weighted by Gasteiger charge is 2.31. The number of carbonyl (C=O) groups is 1. The molecular weight excluding hydrogens is 474 g/mol. The van der Waals surface area contributed by atoms with E-state index in [-0.39, 0.29) is 16.9 Å². The number of hydrogen-bond donors (Lipinski definition) is 2. The van der Waals surface area contributed by atoms with E-state index in [1.165, 1.54) is 29.8 Å². The fraction of sp³-hybridized carbons (Fsp3) is 0.200. The van der Waals surface area contributed by atoms with Crippen LogP contribution in [-0.2, 0) is 0 Å². The van der Waals surface area contributed by atoms with E-state index < -0.39 is 48.0 Å². The summed E-state index contributed by atoms with van der Waals surface area (Å²) in [5.41, 5.74) is -1.73. The van der Waals surface area contributed by atoms with Crippen LogP contribution in [-0.4, -0.2) is 51.0 Å². The Labute approximate surface area is 186 Å². The number of nitrogens with one attached hydrogen (secondary N) is 1. The molecule has 2 heterocycles. The molecule has 3 aromatic rings. The van der Waals surface area contributed by atoms with Crippen molar-refractivity contribution in [3.63, 3.8) is 0 Å². The first-order valence-electron chi connectivity index (χ1n) is 9.28. The third kappa shape index (κ3) is 5.89. The predicted molar refractivity (Wildman–Crippen MR) is 104 cm³/mol. The highest BCUT2D eigenvalue weighted by atomic mass is 19.4. The summed E-state index contributed by atoms with van der Waals surface area (Å²) in [6, 6.07) is 7.96. The van der Waals surface area contributed by atoms with Gasteiger partial charge >= 0.3 is 6.36 Å². The molecule has 0 radical (unpaired) electrons. The summed E-state index contributed by atoms with van der Waals surface area (Å²) in [7, 11) is 0. The van der Waals surface area contributed by atoms with E-state index in [9.17, 15) is 35.9 Å². The lowest BCUT2D eigenvalue weighted by atomic mass is 10.1. The third-order valence-corrected chi connectivity index (χ3v) is 4.26. The molecule has 0 aliphatic rings. The number of halogens is 6. The Bertz CT molecular complexity index is 1200. The lowest BCUT2D eigenvalue weighted by Crippen LogP contribution is -2.45. The second-order valence-corrected chi connectivity index (χ2v) is 6.64. The Kier molecular flexibility index (Phi) is 7.20. The molecule has 180 valence electrons. The van der Waals surface area contributed by atoms with Crippen molar-refractivity contribution in [2.75, 3.05) is 0 Å². The minimum atomic E-state index is -4.93. The van der Waals surface area contributed by atoms with Crippen LogP contribution < -0.4 is 15.6 Å². The molecule has 3 rings (SSSR count). The summed E-state index contributed by atoms with van der Waals surface area (Å²) in [4.78, 5) is 29.1. The maximum Gasteiger partial charge on any atom is 0.573 e. The number of hydrogen-bond acceptors (Lipinski definition) is 6. The van der Waals surface area contributed by atoms with E-state index in [1.54, 1.807) is 0 Å². The first-order valence-corrected chi connectivity index (χ1v) is 9.28. The number of aliphatic hydroxyl groups excluding tert-OH is 1. The van der Waals surface area contributed by atoms with Crippen LogP contribution in [0.1, 0.15) is 10.4 Å². The van der Waals surface area contributed by atoms with Crippen molar-refractivity contribution >= 4 is 5.91 Å². The number of pyridine rings is 1. The van der Waals surface area contributed by atoms with Crippen LogP contribution in [0.5, 0.6) is 5.75 Å². The second kappa shape index (κ2) is 9.91. The normalized spacial score (nSPS) is 13.4. The molecule has 0 aliphatic carbocycles. The van der Waals surface area contributed by atoms with Gasteiger partial charge in [-0.15, -0.1) is 13.2 Å². The van der Waals surface area contributed by atoms with Gasteiger partial charge in [-0.25, -0.2) is 13.2 Å². The average Bonchev–Trinajstić information content (AvgIpc) is 2.78. The summed E-state index contributed by atoms with van der Waals surface area (Å²) >= 11 is 0. The molecule has 0 aliphatic heterocycles. The lowest BCUT2D eigenvalue weighted by Gasteiger charge is -2.17. The number of alkyl halides is 6. The van der Waals surface area contributed by atoms with Crippen LogP contribution in [0.15, 0.2) is 59.7 Å². The van der Waals surface area contributed by atoms with Crippen LogP contribution in [0, 0.1) is 0 Å². The molecule has 0 spiro atoms. The topological polar surface area (TPSA) is 106 Å². The van der Waals surface area contributed by atoms with Gasteiger partial charge in [-0.05, 0) is 42.5 Å². The Morgan fingerprint density at radius 3 is 2.35 bits per heavy atom. The van der Waals surface area contributed by atoms with Crippen molar-refractivity contribution in [3.8, 4) is 22.7 Å². The van der Waals surface area contributed by atoms with Crippen LogP contribution in [0.3, 0.4) is 0 Å². The van der Waals surface area contributed by atoms with Gasteiger partial charge in [0.15, 0.2) is 6.10 Å². The smallest absolute Gasteiger partial charge is 0.406 e. The van der Waals surface area contributed by atoms with Crippen LogP contribution >= 0.6 is 0 Å². The van der Waals surface area contributed by atoms with Gasteiger partial charge < -0.3 is 15.2 Å². The van der Waals surface area contributed by atoms with Crippen LogP contribution in [0.2, 0.25) is 0 Å². The van der Waals surface area contributed by atoms with Gasteiger partial charge in [0.25, 0.3) is 17.9 Å². The lowest BCUT2D eigenvalue weighted by molar-refractivity contribution is -0.274. The number of rotatable bonds is 7. The quantitative estimate of drug-likeness (QED) is 0.392. The van der Waals surface area contributed by atoms with Gasteiger partial charge in [0.2, 0.25) is 6.30 Å². The van der Waals surface area contributed by atoms with Crippen molar-refractivity contribution in [2.24, 2.45) is 0 Å². The fourth-order valence-corrected chi connectivity index (χ4v) is 2.70. The monoisotopic (exact) mass is 488 g/mol. The van der Waals surface area contributed by atoms with Gasteiger partial charge in [0.05, 0.1) is 17.6 Å². The molecule has 8 nitrogen and oxygen atoms in total. The van der Waals surface area contributed by atoms with Gasteiger partial charge in [0, 0.05) is 11.8 Å². The summed E-state index contributed by atoms with van der Waals surface area (Å²) in [6.07, 6.45) is -11.6. The number of aromatic nitrogens is 3. The van der Waals surface area contributed by atoms with Crippen molar-refractivity contribution in [1.82, 2.24) is 20.1 Å². The van der Waals surface area contributed by atoms with Gasteiger partial charge in [-0.1, -0.05) is 0 Å². The Hall–Kier alpha value is -3.94. The average molecular weight is 488 g/mol. The standard InChI is InChI=1S/C20H14F6N4O4/c21-16(22)15(31)17(23)28-18(32)13-8-14(10-3-5-12(6-4-10)34-20(24,25)26)29-30(19(13)33)11-2-1-7-27-9-11/h1-9,15-17,31H,(H,28,32). The van der Waals surface area contributed by atoms with Crippen molar-refractivity contribution in [1.29, 1.82) is 0 Å². The van der Waals surface area contributed by atoms with Crippen molar-refractivity contribution in [3.05, 3.63) is 70.8 Å². The maximum absolute atomic E-state index is 13.8. The largest absolute Gasteiger partial charge is 0.573 e. The first kappa shape index (κ1) is 24.7. The summed E-state index contributed by atoms with van der Waals surface area (Å²) in [5, 5.41) is 14.6. The SMILES string of the molecule is O=C(NC(F)C(O)C(F)F)c1cc(-c2ccc(OC(F)(F)F)cc2)nn(-c2cccnc2)c1=O. The van der Waals surface area contributed by atoms with E-state index in [4.69, 9.17) is 5.11 Å². The molecule has 14 heteroatoms. The number of benzene rings is 1. The summed E-state index contributed by atoms with van der Waals surface area (Å²) in [6.45, 7) is 0. The van der Waals surface area contributed by atoms with E-state index in [1.807, 2.05) is 0 Å². The molecule has 1 amide bonds. The maximum atomic E-state index is 13.8. The van der Waals surface area contributed by atoms with E-state index in [0.717, 1.165) is 30.3 Å². The first-order chi connectivity index (χ1) is 16.0. The second-order valence-electron chi connectivity index (χ2n) is 6.64. The van der Waals surface area contributed by atoms with Crippen molar-refractivity contribution < 1.29 is 41.0 Å². The minimum Gasteiger partial charge on any atom is -0.406 e. The van der Waals surface area contributed by atoms with Gasteiger partial charge in [0.1, 0.15) is 11.3 Å². The van der Waals surface area contributed by atoms with Crippen LogP contribution in [0.4, 0.5) is 26.3 Å². The third-order valence-electron chi connectivity index (χ3n) is 4.26. The molecule has 0 fully saturated rings. The number of aliphatic hydroxyl groups is 1. The molecule has 0 bridgehead atoms. The minimum absolute atomic E-state index is 0.0739. The number of amides is 1. The molecule has 2 aromatic heterocycles. The molecular formula is C20H14F6N4O4. The zero-order valence-electron chi connectivity index (χ0n) is 16.7. The highest BCUT2D eigenvalue weighted by molar-refractivity contribution is 5.95. The highest BCUT2D eigenvalue weighted by Crippen LogP contribution is 2.26. The fourth-order valence-electron chi connectivity index (χ4n) is 2.70. The summed E-state index contributed by atoms with van der Waals surface area (Å²) in [5.74, 6) is -1.98. The van der Waals surface area contributed by atoms with Gasteiger partial charge in [-0.2, -0.15) is 9.78 Å². The Balaban J connectivity index is 2.05. The molecule has 34 heavy (non-hydrogen) atoms. The molecule has 1 aromatic carbocycles. The molecule has 2 atom stereocenters. The molecule has 2 N–H and O–H groups in total. The zero-order chi connectivity index (χ0) is 25.0. The summed E-state index contributed by atoms with van der Waals surface area (Å²) < 4.78 is 80.5. The number of nitrogens with zero attached hydrogens (tertiary/aromatic N) is 3. The Morgan fingerprint density at radius 2 is 1.79 bits per heavy atom. The van der Waals surface area contributed by atoms with E-state index >= 15 is 0 Å². The zero-order valence-corrected chi connectivity index (χ0v) is 16.7.